The van der Waals surface area contributed by atoms with Crippen molar-refractivity contribution in [3.05, 3.63) is 124 Å². The van der Waals surface area contributed by atoms with Gasteiger partial charge < -0.3 is 4.74 Å². The molecule has 0 aliphatic rings. The molecular formula is C29H26IN3O. The number of aromatic nitrogens is 3. The maximum Gasteiger partial charge on any atom is 0.214 e. The number of halogens is 1. The Hall–Kier alpha value is -3.19. The molecule has 170 valence electrons. The van der Waals surface area contributed by atoms with Crippen molar-refractivity contribution >= 4 is 33.5 Å². The van der Waals surface area contributed by atoms with E-state index in [-0.39, 0.29) is 5.60 Å². The van der Waals surface area contributed by atoms with Crippen molar-refractivity contribution in [2.45, 2.75) is 31.9 Å². The zero-order valence-electron chi connectivity index (χ0n) is 19.4. The molecule has 0 bridgehead atoms. The third-order valence-corrected chi connectivity index (χ3v) is 6.60. The zero-order valence-corrected chi connectivity index (χ0v) is 21.6. The predicted octanol–water partition coefficient (Wildman–Crippen LogP) is 7.05. The standard InChI is InChI=1S/C29H26IN3O/c1-28(2,3)34-26-19-24-25(20-31-26)33(32-27(24)30)29(21-13-7-4-8-14-21,22-15-9-5-10-16-22)23-17-11-6-12-18-23/h4-20H,1-3H3. The van der Waals surface area contributed by atoms with Gasteiger partial charge in [0.05, 0.1) is 11.7 Å². The highest BCUT2D eigenvalue weighted by atomic mass is 127. The van der Waals surface area contributed by atoms with Crippen molar-refractivity contribution in [3.8, 4) is 5.88 Å². The first-order valence-electron chi connectivity index (χ1n) is 11.3. The molecule has 0 fully saturated rings. The summed E-state index contributed by atoms with van der Waals surface area (Å²) < 4.78 is 9.09. The molecule has 0 amide bonds. The van der Waals surface area contributed by atoms with E-state index in [4.69, 9.17) is 9.84 Å². The lowest BCUT2D eigenvalue weighted by molar-refractivity contribution is 0.124. The van der Waals surface area contributed by atoms with Crippen LogP contribution in [0.25, 0.3) is 10.9 Å². The Kier molecular flexibility index (Phi) is 5.90. The molecule has 0 radical (unpaired) electrons. The van der Waals surface area contributed by atoms with Crippen LogP contribution in [0.2, 0.25) is 0 Å². The van der Waals surface area contributed by atoms with Gasteiger partial charge in [-0.25, -0.2) is 9.67 Å². The quantitative estimate of drug-likeness (QED) is 0.171. The number of ether oxygens (including phenoxy) is 1. The van der Waals surface area contributed by atoms with E-state index >= 15 is 0 Å². The molecule has 0 saturated carbocycles. The van der Waals surface area contributed by atoms with Crippen molar-refractivity contribution in [2.24, 2.45) is 0 Å². The van der Waals surface area contributed by atoms with Crippen LogP contribution in [0, 0.1) is 3.70 Å². The molecule has 0 saturated heterocycles. The number of hydrogen-bond acceptors (Lipinski definition) is 3. The van der Waals surface area contributed by atoms with Crippen LogP contribution >= 0.6 is 22.6 Å². The van der Waals surface area contributed by atoms with Crippen molar-refractivity contribution in [1.82, 2.24) is 14.8 Å². The van der Waals surface area contributed by atoms with Crippen molar-refractivity contribution in [1.29, 1.82) is 0 Å². The summed E-state index contributed by atoms with van der Waals surface area (Å²) in [5.41, 5.74) is 3.32. The monoisotopic (exact) mass is 559 g/mol. The van der Waals surface area contributed by atoms with Crippen LogP contribution in [0.5, 0.6) is 5.88 Å². The number of benzene rings is 3. The molecule has 3 aromatic carbocycles. The minimum absolute atomic E-state index is 0.329. The number of fused-ring (bicyclic) bond motifs is 1. The highest BCUT2D eigenvalue weighted by Gasteiger charge is 2.40. The summed E-state index contributed by atoms with van der Waals surface area (Å²) in [7, 11) is 0. The normalized spacial score (nSPS) is 12.1. The summed E-state index contributed by atoms with van der Waals surface area (Å²) in [6, 6.07) is 33.7. The van der Waals surface area contributed by atoms with Gasteiger partial charge in [0.1, 0.15) is 14.8 Å². The van der Waals surface area contributed by atoms with Gasteiger partial charge in [0.25, 0.3) is 0 Å². The zero-order chi connectivity index (χ0) is 23.8. The van der Waals surface area contributed by atoms with Crippen LogP contribution in [0.4, 0.5) is 0 Å². The first-order valence-corrected chi connectivity index (χ1v) is 12.4. The van der Waals surface area contributed by atoms with Gasteiger partial charge in [0.15, 0.2) is 0 Å². The molecule has 0 N–H and O–H groups in total. The summed E-state index contributed by atoms with van der Waals surface area (Å²) in [4.78, 5) is 4.67. The van der Waals surface area contributed by atoms with Crippen LogP contribution in [0.1, 0.15) is 37.5 Å². The minimum Gasteiger partial charge on any atom is -0.472 e. The summed E-state index contributed by atoms with van der Waals surface area (Å²) in [5, 5.41) is 6.15. The van der Waals surface area contributed by atoms with Crippen molar-refractivity contribution in [3.63, 3.8) is 0 Å². The van der Waals surface area contributed by atoms with E-state index in [1.807, 2.05) is 51.2 Å². The van der Waals surface area contributed by atoms with Crippen LogP contribution in [0.3, 0.4) is 0 Å². The van der Waals surface area contributed by atoms with Crippen LogP contribution < -0.4 is 4.74 Å². The van der Waals surface area contributed by atoms with E-state index in [1.54, 1.807) is 0 Å². The molecule has 0 unspecified atom stereocenters. The molecular weight excluding hydrogens is 533 g/mol. The van der Waals surface area contributed by atoms with Crippen molar-refractivity contribution in [2.75, 3.05) is 0 Å². The molecule has 2 heterocycles. The summed E-state index contributed by atoms with van der Waals surface area (Å²) in [6.07, 6.45) is 1.88. The second-order valence-electron chi connectivity index (χ2n) is 9.27. The molecule has 0 aliphatic heterocycles. The Bertz CT molecular complexity index is 1310. The van der Waals surface area contributed by atoms with Gasteiger partial charge in [-0.1, -0.05) is 91.0 Å². The molecule has 0 aliphatic carbocycles. The van der Waals surface area contributed by atoms with Gasteiger partial charge in [0.2, 0.25) is 5.88 Å². The highest BCUT2D eigenvalue weighted by molar-refractivity contribution is 14.1. The number of hydrogen-bond donors (Lipinski definition) is 0. The van der Waals surface area contributed by atoms with Crippen molar-refractivity contribution < 1.29 is 4.74 Å². The topological polar surface area (TPSA) is 39.9 Å². The average molecular weight is 559 g/mol. The van der Waals surface area contributed by atoms with Gasteiger partial charge in [-0.2, -0.15) is 5.10 Å². The first kappa shape index (κ1) is 22.6. The second-order valence-corrected chi connectivity index (χ2v) is 10.3. The molecule has 34 heavy (non-hydrogen) atoms. The minimum atomic E-state index is -0.681. The van der Waals surface area contributed by atoms with E-state index in [1.165, 1.54) is 0 Å². The third kappa shape index (κ3) is 3.98. The Morgan fingerprint density at radius 3 is 1.65 bits per heavy atom. The molecule has 0 spiro atoms. The van der Waals surface area contributed by atoms with E-state index in [2.05, 4.69) is 105 Å². The van der Waals surface area contributed by atoms with Gasteiger partial charge in [-0.05, 0) is 60.1 Å². The lowest BCUT2D eigenvalue weighted by Crippen LogP contribution is -2.38. The maximum absolute atomic E-state index is 6.06. The average Bonchev–Trinajstić information content (AvgIpc) is 3.17. The number of rotatable bonds is 5. The van der Waals surface area contributed by atoms with Gasteiger partial charge in [-0.3, -0.25) is 0 Å². The van der Waals surface area contributed by atoms with Crippen LogP contribution in [-0.4, -0.2) is 20.4 Å². The SMILES string of the molecule is CC(C)(C)Oc1cc2c(I)nn(C(c3ccccc3)(c3ccccc3)c3ccccc3)c2cn1. The van der Waals surface area contributed by atoms with E-state index in [0.717, 1.165) is 31.3 Å². The van der Waals surface area contributed by atoms with Crippen LogP contribution in [0.15, 0.2) is 103 Å². The third-order valence-electron chi connectivity index (χ3n) is 5.80. The largest absolute Gasteiger partial charge is 0.472 e. The van der Waals surface area contributed by atoms with E-state index in [9.17, 15) is 0 Å². The summed E-state index contributed by atoms with van der Waals surface area (Å²) in [6.45, 7) is 6.08. The molecule has 4 nitrogen and oxygen atoms in total. The highest BCUT2D eigenvalue weighted by Crippen LogP contribution is 2.43. The molecule has 2 aromatic heterocycles. The Balaban J connectivity index is 1.87. The smallest absolute Gasteiger partial charge is 0.214 e. The molecule has 5 aromatic rings. The Morgan fingerprint density at radius 2 is 1.21 bits per heavy atom. The molecule has 0 atom stereocenters. The fourth-order valence-electron chi connectivity index (χ4n) is 4.49. The lowest BCUT2D eigenvalue weighted by Gasteiger charge is -2.36. The fourth-order valence-corrected chi connectivity index (χ4v) is 5.14. The fraction of sp³-hybridized carbons (Fsp3) is 0.172. The maximum atomic E-state index is 6.06. The number of pyridine rings is 1. The van der Waals surface area contributed by atoms with Gasteiger partial charge in [-0.15, -0.1) is 0 Å². The number of nitrogens with zero attached hydrogens (tertiary/aromatic N) is 3. The van der Waals surface area contributed by atoms with Gasteiger partial charge >= 0.3 is 0 Å². The Labute approximate surface area is 213 Å². The molecule has 5 rings (SSSR count). The summed E-state index contributed by atoms with van der Waals surface area (Å²) >= 11 is 2.32. The van der Waals surface area contributed by atoms with E-state index in [0.29, 0.717) is 5.88 Å². The van der Waals surface area contributed by atoms with Gasteiger partial charge in [0, 0.05) is 11.5 Å². The molecule has 5 heteroatoms. The van der Waals surface area contributed by atoms with Crippen LogP contribution in [-0.2, 0) is 5.54 Å². The Morgan fingerprint density at radius 1 is 0.735 bits per heavy atom. The predicted molar refractivity (Wildman–Crippen MR) is 145 cm³/mol. The summed E-state index contributed by atoms with van der Waals surface area (Å²) in [5.74, 6) is 0.599. The van der Waals surface area contributed by atoms with E-state index < -0.39 is 5.54 Å². The second kappa shape index (κ2) is 8.87. The first-order chi connectivity index (χ1) is 16.4. The lowest BCUT2D eigenvalue weighted by atomic mass is 9.77.